The van der Waals surface area contributed by atoms with E-state index in [1.165, 1.54) is 38.5 Å². The summed E-state index contributed by atoms with van der Waals surface area (Å²) in [6.45, 7) is 3.49. The van der Waals surface area contributed by atoms with Gasteiger partial charge in [0.15, 0.2) is 11.6 Å². The van der Waals surface area contributed by atoms with Gasteiger partial charge in [0.1, 0.15) is 0 Å². The minimum absolute atomic E-state index is 0.0843. The van der Waals surface area contributed by atoms with E-state index in [1.807, 2.05) is 6.07 Å². The lowest BCUT2D eigenvalue weighted by Crippen LogP contribution is -2.46. The van der Waals surface area contributed by atoms with Gasteiger partial charge >= 0.3 is 0 Å². The molecule has 144 valence electrons. The van der Waals surface area contributed by atoms with E-state index in [2.05, 4.69) is 12.2 Å². The molecule has 3 aliphatic rings. The Balaban J connectivity index is 1.61. The maximum atomic E-state index is 14.6. The van der Waals surface area contributed by atoms with Gasteiger partial charge in [-0.05, 0) is 44.1 Å². The molecule has 1 aromatic rings. The third-order valence-corrected chi connectivity index (χ3v) is 6.48. The topological polar surface area (TPSA) is 30.5 Å². The second-order valence-corrected chi connectivity index (χ2v) is 8.24. The van der Waals surface area contributed by atoms with Crippen LogP contribution in [-0.4, -0.2) is 19.3 Å². The highest BCUT2D eigenvalue weighted by molar-refractivity contribution is 5.59. The van der Waals surface area contributed by atoms with Gasteiger partial charge in [0.25, 0.3) is 0 Å². The average Bonchev–Trinajstić information content (AvgIpc) is 2.69. The van der Waals surface area contributed by atoms with Crippen LogP contribution >= 0.6 is 0 Å². The van der Waals surface area contributed by atoms with Gasteiger partial charge in [-0.15, -0.1) is 0 Å². The Morgan fingerprint density at radius 1 is 1.15 bits per heavy atom. The molecule has 2 fully saturated rings. The Kier molecular flexibility index (Phi) is 5.68. The first-order valence-corrected chi connectivity index (χ1v) is 10.6. The van der Waals surface area contributed by atoms with Crippen molar-refractivity contribution >= 4 is 5.69 Å². The van der Waals surface area contributed by atoms with Crippen LogP contribution in [0.5, 0.6) is 5.75 Å². The predicted molar refractivity (Wildman–Crippen MR) is 102 cm³/mol. The zero-order valence-electron chi connectivity index (χ0n) is 15.9. The van der Waals surface area contributed by atoms with E-state index in [1.54, 1.807) is 6.07 Å². The molecule has 0 unspecified atom stereocenters. The fourth-order valence-electron chi connectivity index (χ4n) is 5.11. The van der Waals surface area contributed by atoms with Crippen LogP contribution in [0.25, 0.3) is 0 Å². The van der Waals surface area contributed by atoms with E-state index >= 15 is 0 Å². The fourth-order valence-corrected chi connectivity index (χ4v) is 5.11. The Morgan fingerprint density at radius 3 is 2.81 bits per heavy atom. The number of hydrogen-bond donors (Lipinski definition) is 1. The van der Waals surface area contributed by atoms with Crippen LogP contribution in [0.3, 0.4) is 0 Å². The number of benzene rings is 1. The van der Waals surface area contributed by atoms with Crippen molar-refractivity contribution < 1.29 is 13.9 Å². The van der Waals surface area contributed by atoms with Crippen molar-refractivity contribution in [2.45, 2.75) is 76.9 Å². The molecule has 1 saturated heterocycles. The summed E-state index contributed by atoms with van der Waals surface area (Å²) in [5, 5.41) is 3.73. The molecule has 1 N–H and O–H groups in total. The molecule has 4 heteroatoms. The van der Waals surface area contributed by atoms with Crippen LogP contribution in [-0.2, 0) is 4.74 Å². The van der Waals surface area contributed by atoms with Crippen molar-refractivity contribution in [2.75, 3.05) is 18.5 Å². The van der Waals surface area contributed by atoms with Gasteiger partial charge in [-0.1, -0.05) is 32.6 Å². The molecule has 2 aliphatic heterocycles. The molecular formula is C22H32FNO2. The minimum atomic E-state index is -0.260. The summed E-state index contributed by atoms with van der Waals surface area (Å²) in [4.78, 5) is 0. The van der Waals surface area contributed by atoms with Crippen LogP contribution in [0, 0.1) is 17.7 Å². The van der Waals surface area contributed by atoms with Crippen LogP contribution in [0.4, 0.5) is 10.1 Å². The molecule has 1 aromatic carbocycles. The molecule has 0 aromatic heterocycles. The number of unbranched alkanes of at least 4 members (excludes halogenated alkanes) is 1. The molecule has 0 amide bonds. The molecule has 1 aliphatic carbocycles. The van der Waals surface area contributed by atoms with E-state index in [9.17, 15) is 4.39 Å². The second kappa shape index (κ2) is 8.16. The third kappa shape index (κ3) is 3.58. The largest absolute Gasteiger partial charge is 0.491 e. The van der Waals surface area contributed by atoms with Crippen molar-refractivity contribution in [3.05, 3.63) is 23.5 Å². The third-order valence-electron chi connectivity index (χ3n) is 6.48. The van der Waals surface area contributed by atoms with Crippen molar-refractivity contribution in [3.63, 3.8) is 0 Å². The SMILES string of the molecule is CCCCOc1cc2c(cc1F)N[C@H](C1CCCCC1)[C@@H]1CCCO[C@H]21. The maximum absolute atomic E-state index is 14.6. The average molecular weight is 362 g/mol. The molecule has 2 heterocycles. The van der Waals surface area contributed by atoms with Crippen molar-refractivity contribution in [1.29, 1.82) is 0 Å². The second-order valence-electron chi connectivity index (χ2n) is 8.24. The first-order chi connectivity index (χ1) is 12.8. The van der Waals surface area contributed by atoms with Crippen molar-refractivity contribution in [1.82, 2.24) is 0 Å². The van der Waals surface area contributed by atoms with Crippen molar-refractivity contribution in [2.24, 2.45) is 11.8 Å². The van der Waals surface area contributed by atoms with Crippen LogP contribution < -0.4 is 10.1 Å². The summed E-state index contributed by atoms with van der Waals surface area (Å²) in [6.07, 6.45) is 11.0. The lowest BCUT2D eigenvalue weighted by Gasteiger charge is -2.47. The Hall–Kier alpha value is -1.29. The van der Waals surface area contributed by atoms with Gasteiger partial charge < -0.3 is 14.8 Å². The number of halogens is 1. The summed E-state index contributed by atoms with van der Waals surface area (Å²) in [6, 6.07) is 3.95. The predicted octanol–water partition coefficient (Wildman–Crippen LogP) is 5.85. The first-order valence-electron chi connectivity index (χ1n) is 10.6. The summed E-state index contributed by atoms with van der Waals surface area (Å²) < 4.78 is 26.5. The standard InChI is InChI=1S/C22H32FNO2/c1-2-3-11-25-20-13-17-19(14-18(20)23)24-21(15-8-5-4-6-9-15)16-10-7-12-26-22(16)17/h13-16,21-22,24H,2-12H2,1H3/t16-,21+,22-/m0/s1. The van der Waals surface area contributed by atoms with Crippen LogP contribution in [0.2, 0.25) is 0 Å². The van der Waals surface area contributed by atoms with Gasteiger partial charge in [0, 0.05) is 35.9 Å². The maximum Gasteiger partial charge on any atom is 0.167 e. The normalized spacial score (nSPS) is 28.8. The number of fused-ring (bicyclic) bond motifs is 3. The number of rotatable bonds is 5. The van der Waals surface area contributed by atoms with E-state index in [0.29, 0.717) is 30.2 Å². The van der Waals surface area contributed by atoms with Gasteiger partial charge in [0.2, 0.25) is 0 Å². The summed E-state index contributed by atoms with van der Waals surface area (Å²) in [5.74, 6) is 1.30. The van der Waals surface area contributed by atoms with E-state index in [-0.39, 0.29) is 11.9 Å². The van der Waals surface area contributed by atoms with Crippen molar-refractivity contribution in [3.8, 4) is 5.75 Å². The lowest BCUT2D eigenvalue weighted by molar-refractivity contribution is -0.0459. The summed E-state index contributed by atoms with van der Waals surface area (Å²) in [5.41, 5.74) is 2.01. The molecule has 3 nitrogen and oxygen atoms in total. The number of hydrogen-bond acceptors (Lipinski definition) is 3. The summed E-state index contributed by atoms with van der Waals surface area (Å²) >= 11 is 0. The highest BCUT2D eigenvalue weighted by Crippen LogP contribution is 2.48. The number of ether oxygens (including phenoxy) is 2. The zero-order valence-corrected chi connectivity index (χ0v) is 15.9. The molecule has 4 rings (SSSR count). The smallest absolute Gasteiger partial charge is 0.167 e. The molecule has 26 heavy (non-hydrogen) atoms. The molecule has 3 atom stereocenters. The monoisotopic (exact) mass is 361 g/mol. The molecule has 0 bridgehead atoms. The Labute approximate surface area is 156 Å². The molecule has 1 saturated carbocycles. The molecule has 0 spiro atoms. The van der Waals surface area contributed by atoms with E-state index in [4.69, 9.17) is 9.47 Å². The Bertz CT molecular complexity index is 614. The fraction of sp³-hybridized carbons (Fsp3) is 0.727. The van der Waals surface area contributed by atoms with Gasteiger partial charge in [0.05, 0.1) is 12.7 Å². The zero-order chi connectivity index (χ0) is 17.9. The highest BCUT2D eigenvalue weighted by Gasteiger charge is 2.43. The minimum Gasteiger partial charge on any atom is -0.491 e. The van der Waals surface area contributed by atoms with Crippen LogP contribution in [0.15, 0.2) is 12.1 Å². The molecular weight excluding hydrogens is 329 g/mol. The highest BCUT2D eigenvalue weighted by atomic mass is 19.1. The first kappa shape index (κ1) is 18.1. The van der Waals surface area contributed by atoms with Gasteiger partial charge in [-0.25, -0.2) is 4.39 Å². The number of anilines is 1. The quantitative estimate of drug-likeness (QED) is 0.668. The number of nitrogens with one attached hydrogen (secondary N) is 1. The van der Waals surface area contributed by atoms with Gasteiger partial charge in [-0.3, -0.25) is 0 Å². The van der Waals surface area contributed by atoms with E-state index in [0.717, 1.165) is 37.1 Å². The van der Waals surface area contributed by atoms with E-state index < -0.39 is 0 Å². The Morgan fingerprint density at radius 2 is 2.00 bits per heavy atom. The lowest BCUT2D eigenvalue weighted by atomic mass is 9.71. The summed E-state index contributed by atoms with van der Waals surface area (Å²) in [7, 11) is 0. The van der Waals surface area contributed by atoms with Gasteiger partial charge in [-0.2, -0.15) is 0 Å². The van der Waals surface area contributed by atoms with Crippen LogP contribution in [0.1, 0.15) is 76.4 Å². The molecule has 0 radical (unpaired) electrons.